The van der Waals surface area contributed by atoms with Crippen molar-refractivity contribution in [2.45, 2.75) is 83.8 Å². The fraction of sp³-hybridized carbons (Fsp3) is 0.815. The number of methoxy groups -OCH3 is 1. The van der Waals surface area contributed by atoms with Gasteiger partial charge < -0.3 is 24.6 Å². The number of nitrogens with zero attached hydrogens (tertiary/aromatic N) is 1. The normalized spacial score (nSPS) is 39.6. The van der Waals surface area contributed by atoms with Gasteiger partial charge in [-0.3, -0.25) is 0 Å². The summed E-state index contributed by atoms with van der Waals surface area (Å²) < 4.78 is 10.5. The molecule has 0 aromatic carbocycles. The topological polar surface area (TPSA) is 79.2 Å². The van der Waals surface area contributed by atoms with E-state index in [1.807, 2.05) is 6.92 Å². The van der Waals surface area contributed by atoms with Gasteiger partial charge in [-0.1, -0.05) is 37.1 Å². The summed E-state index contributed by atoms with van der Waals surface area (Å²) in [5, 5.41) is 22.3. The monoisotopic (exact) mass is 461 g/mol. The third kappa shape index (κ3) is 4.17. The van der Waals surface area contributed by atoms with Gasteiger partial charge in [-0.15, -0.1) is 0 Å². The summed E-state index contributed by atoms with van der Waals surface area (Å²) in [5.74, 6) is 0.819. The van der Waals surface area contributed by atoms with Crippen molar-refractivity contribution in [3.05, 3.63) is 23.3 Å². The van der Waals surface area contributed by atoms with Crippen molar-refractivity contribution in [3.8, 4) is 0 Å². The predicted molar refractivity (Wildman–Crippen MR) is 128 cm³/mol. The fourth-order valence-corrected chi connectivity index (χ4v) is 7.52. The minimum Gasteiger partial charge on any atom is -0.450 e. The second-order valence-electron chi connectivity index (χ2n) is 11.3. The number of carbonyl (C=O) groups is 1. The zero-order valence-electron chi connectivity index (χ0n) is 20.9. The van der Waals surface area contributed by atoms with Gasteiger partial charge >= 0.3 is 6.09 Å². The lowest BCUT2D eigenvalue weighted by molar-refractivity contribution is -0.0996. The van der Waals surface area contributed by atoms with Crippen LogP contribution in [0.5, 0.6) is 0 Å². The van der Waals surface area contributed by atoms with Crippen LogP contribution in [0.2, 0.25) is 0 Å². The summed E-state index contributed by atoms with van der Waals surface area (Å²) in [6, 6.07) is 0. The molecule has 33 heavy (non-hydrogen) atoms. The molecule has 0 spiro atoms. The molecule has 0 heterocycles. The highest BCUT2D eigenvalue weighted by molar-refractivity contribution is 5.67. The van der Waals surface area contributed by atoms with Gasteiger partial charge in [0.05, 0.1) is 24.9 Å². The Morgan fingerprint density at radius 2 is 1.91 bits per heavy atom. The van der Waals surface area contributed by atoms with Crippen LogP contribution < -0.4 is 0 Å². The van der Waals surface area contributed by atoms with Crippen molar-refractivity contribution >= 4 is 6.09 Å². The summed E-state index contributed by atoms with van der Waals surface area (Å²) in [5.41, 5.74) is 1.82. The molecule has 6 heteroatoms. The first-order chi connectivity index (χ1) is 15.7. The summed E-state index contributed by atoms with van der Waals surface area (Å²) in [6.07, 6.45) is 11.1. The Morgan fingerprint density at radius 1 is 1.15 bits per heavy atom. The van der Waals surface area contributed by atoms with E-state index in [1.165, 1.54) is 11.1 Å². The molecule has 6 nitrogen and oxygen atoms in total. The number of aliphatic hydroxyl groups excluding tert-OH is 1. The van der Waals surface area contributed by atoms with E-state index >= 15 is 0 Å². The Labute approximate surface area is 199 Å². The lowest BCUT2D eigenvalue weighted by atomic mass is 9.50. The van der Waals surface area contributed by atoms with E-state index < -0.39 is 5.60 Å². The standard InChI is InChI=1S/C27H43NO5/c1-5-33-24(30)28(15-6-16-32-4)18-27(31)14-11-23-21-8-7-19-17-20(29)9-12-25(19,2)22(21)10-13-26(23,27)3/h7-8,20,22-23,29,31H,5-6,9-18H2,1-4H3/t20-,22-,23-,25-,26-,27+/m0/s1. The van der Waals surface area contributed by atoms with Crippen LogP contribution in [0.1, 0.15) is 72.1 Å². The van der Waals surface area contributed by atoms with Gasteiger partial charge in [0.15, 0.2) is 0 Å². The highest BCUT2D eigenvalue weighted by Crippen LogP contribution is 2.66. The van der Waals surface area contributed by atoms with Crippen molar-refractivity contribution < 1.29 is 24.5 Å². The number of hydrogen-bond donors (Lipinski definition) is 2. The lowest BCUT2D eigenvalue weighted by Crippen LogP contribution is -2.57. The van der Waals surface area contributed by atoms with E-state index in [4.69, 9.17) is 9.47 Å². The highest BCUT2D eigenvalue weighted by atomic mass is 16.6. The van der Waals surface area contributed by atoms with Crippen LogP contribution in [0.4, 0.5) is 4.79 Å². The van der Waals surface area contributed by atoms with Crippen LogP contribution in [-0.4, -0.2) is 66.3 Å². The van der Waals surface area contributed by atoms with Crippen molar-refractivity contribution in [1.82, 2.24) is 4.90 Å². The Morgan fingerprint density at radius 3 is 2.64 bits per heavy atom. The Kier molecular flexibility index (Phi) is 7.01. The maximum absolute atomic E-state index is 12.7. The van der Waals surface area contributed by atoms with Crippen molar-refractivity contribution in [2.75, 3.05) is 33.4 Å². The first-order valence-corrected chi connectivity index (χ1v) is 12.9. The van der Waals surface area contributed by atoms with Gasteiger partial charge in [0, 0.05) is 25.7 Å². The summed E-state index contributed by atoms with van der Waals surface area (Å²) in [7, 11) is 1.66. The quantitative estimate of drug-likeness (QED) is 0.548. The average molecular weight is 462 g/mol. The third-order valence-electron chi connectivity index (χ3n) is 9.62. The van der Waals surface area contributed by atoms with Crippen LogP contribution in [0, 0.1) is 22.7 Å². The van der Waals surface area contributed by atoms with Crippen LogP contribution in [0.25, 0.3) is 0 Å². The molecule has 2 N–H and O–H groups in total. The van der Waals surface area contributed by atoms with Crippen LogP contribution >= 0.6 is 0 Å². The van der Waals surface area contributed by atoms with Gasteiger partial charge in [-0.25, -0.2) is 4.79 Å². The van der Waals surface area contributed by atoms with E-state index in [1.54, 1.807) is 12.0 Å². The Bertz CT molecular complexity index is 808. The van der Waals surface area contributed by atoms with Crippen molar-refractivity contribution in [1.29, 1.82) is 0 Å². The Hall–Kier alpha value is -1.37. The fourth-order valence-electron chi connectivity index (χ4n) is 7.52. The molecule has 0 aromatic heterocycles. The molecule has 4 rings (SSSR count). The number of rotatable bonds is 7. The molecule has 4 aliphatic carbocycles. The molecular weight excluding hydrogens is 418 g/mol. The maximum Gasteiger partial charge on any atom is 0.409 e. The SMILES string of the molecule is CCOC(=O)N(CCCOC)C[C@]1(O)CC[C@H]2C3=CC=C4C[C@@H](O)CC[C@]4(C)[C@H]3CC[C@@]21C. The molecular formula is C27H43NO5. The first kappa shape index (κ1) is 24.7. The minimum absolute atomic E-state index is 0.127. The molecule has 0 aliphatic heterocycles. The summed E-state index contributed by atoms with van der Waals surface area (Å²) in [4.78, 5) is 14.4. The number of carbonyl (C=O) groups excluding carboxylic acids is 1. The second-order valence-corrected chi connectivity index (χ2v) is 11.3. The van der Waals surface area contributed by atoms with E-state index in [0.29, 0.717) is 44.6 Å². The number of fused-ring (bicyclic) bond motifs is 5. The molecule has 4 aliphatic rings. The van der Waals surface area contributed by atoms with Gasteiger partial charge in [0.25, 0.3) is 0 Å². The van der Waals surface area contributed by atoms with E-state index in [0.717, 1.165) is 44.9 Å². The highest BCUT2D eigenvalue weighted by Gasteiger charge is 2.62. The minimum atomic E-state index is -0.934. The van der Waals surface area contributed by atoms with Crippen LogP contribution in [-0.2, 0) is 9.47 Å². The van der Waals surface area contributed by atoms with Crippen LogP contribution in [0.15, 0.2) is 23.3 Å². The van der Waals surface area contributed by atoms with Crippen LogP contribution in [0.3, 0.4) is 0 Å². The number of aliphatic hydroxyl groups is 2. The molecule has 1 amide bonds. The zero-order valence-corrected chi connectivity index (χ0v) is 20.9. The largest absolute Gasteiger partial charge is 0.450 e. The summed E-state index contributed by atoms with van der Waals surface area (Å²) in [6.45, 7) is 8.19. The molecule has 6 atom stereocenters. The predicted octanol–water partition coefficient (Wildman–Crippen LogP) is 4.46. The molecule has 3 saturated carbocycles. The van der Waals surface area contributed by atoms with E-state index in [-0.39, 0.29) is 23.0 Å². The maximum atomic E-state index is 12.7. The molecule has 3 fully saturated rings. The Balaban J connectivity index is 1.57. The lowest BCUT2D eigenvalue weighted by Gasteiger charge is -2.56. The van der Waals surface area contributed by atoms with Gasteiger partial charge in [-0.05, 0) is 75.5 Å². The van der Waals surface area contributed by atoms with E-state index in [2.05, 4.69) is 26.0 Å². The van der Waals surface area contributed by atoms with Gasteiger partial charge in [-0.2, -0.15) is 0 Å². The van der Waals surface area contributed by atoms with Gasteiger partial charge in [0.1, 0.15) is 0 Å². The molecule has 186 valence electrons. The molecule has 0 aromatic rings. The van der Waals surface area contributed by atoms with Gasteiger partial charge in [0.2, 0.25) is 0 Å². The van der Waals surface area contributed by atoms with Crippen molar-refractivity contribution in [2.24, 2.45) is 22.7 Å². The zero-order chi connectivity index (χ0) is 23.9. The van der Waals surface area contributed by atoms with E-state index in [9.17, 15) is 15.0 Å². The van der Waals surface area contributed by atoms with Crippen molar-refractivity contribution in [3.63, 3.8) is 0 Å². The smallest absolute Gasteiger partial charge is 0.409 e. The summed E-state index contributed by atoms with van der Waals surface area (Å²) >= 11 is 0. The molecule has 0 bridgehead atoms. The number of ether oxygens (including phenoxy) is 2. The molecule has 0 radical (unpaired) electrons. The second kappa shape index (κ2) is 9.35. The average Bonchev–Trinajstić information content (AvgIpc) is 3.04. The molecule has 0 unspecified atom stereocenters. The third-order valence-corrected chi connectivity index (χ3v) is 9.62. The number of hydrogen-bond acceptors (Lipinski definition) is 5. The molecule has 0 saturated heterocycles. The number of allylic oxidation sites excluding steroid dienone is 3. The number of amides is 1. The first-order valence-electron chi connectivity index (χ1n) is 12.9.